The van der Waals surface area contributed by atoms with Crippen molar-refractivity contribution in [2.75, 3.05) is 13.1 Å². The molecule has 0 saturated carbocycles. The molecule has 0 aliphatic rings. The first-order valence-corrected chi connectivity index (χ1v) is 4.37. The van der Waals surface area contributed by atoms with Gasteiger partial charge in [-0.25, -0.2) is 0 Å². The fraction of sp³-hybridized carbons (Fsp3) is 1.00. The highest BCUT2D eigenvalue weighted by atomic mass is 32.1. The smallest absolute Gasteiger partial charge is 0.0165 e. The SMILES string of the molecule is CCCC(N)CNCC.OS. The van der Waals surface area contributed by atoms with E-state index in [0.29, 0.717) is 6.04 Å². The first kappa shape index (κ1) is 13.8. The Kier molecular flexibility index (Phi) is 16.1. The minimum absolute atomic E-state index is 0.356. The van der Waals surface area contributed by atoms with Crippen LogP contribution in [0.1, 0.15) is 26.7 Å². The van der Waals surface area contributed by atoms with Crippen molar-refractivity contribution in [3.05, 3.63) is 0 Å². The lowest BCUT2D eigenvalue weighted by molar-refractivity contribution is 0.549. The molecular formula is C7H20N2OS. The van der Waals surface area contributed by atoms with Crippen LogP contribution in [0.4, 0.5) is 0 Å². The Hall–Kier alpha value is 0.230. The number of rotatable bonds is 5. The molecule has 0 spiro atoms. The van der Waals surface area contributed by atoms with Gasteiger partial charge in [0.1, 0.15) is 0 Å². The molecule has 4 N–H and O–H groups in total. The van der Waals surface area contributed by atoms with Crippen LogP contribution in [-0.4, -0.2) is 23.7 Å². The molecule has 4 heteroatoms. The fourth-order valence-electron chi connectivity index (χ4n) is 0.803. The Bertz CT molecular complexity index is 64.4. The van der Waals surface area contributed by atoms with E-state index in [1.54, 1.807) is 0 Å². The standard InChI is InChI=1S/C7H18N2.H2OS/c1-3-5-7(8)6-9-4-2;1-2/h7,9H,3-6,8H2,1-2H3;1-2H. The van der Waals surface area contributed by atoms with Gasteiger partial charge in [0.2, 0.25) is 0 Å². The summed E-state index contributed by atoms with van der Waals surface area (Å²) in [4.78, 5) is 0. The molecule has 0 aromatic heterocycles. The van der Waals surface area contributed by atoms with Crippen molar-refractivity contribution in [3.63, 3.8) is 0 Å². The molecule has 0 amide bonds. The van der Waals surface area contributed by atoms with Gasteiger partial charge in [0.25, 0.3) is 0 Å². The van der Waals surface area contributed by atoms with Gasteiger partial charge < -0.3 is 15.6 Å². The number of hydrogen-bond acceptors (Lipinski definition) is 4. The summed E-state index contributed by atoms with van der Waals surface area (Å²) < 4.78 is 6.69. The highest BCUT2D eigenvalue weighted by molar-refractivity contribution is 7.74. The Morgan fingerprint density at radius 2 is 2.00 bits per heavy atom. The van der Waals surface area contributed by atoms with E-state index in [2.05, 4.69) is 32.1 Å². The van der Waals surface area contributed by atoms with E-state index in [-0.39, 0.29) is 0 Å². The van der Waals surface area contributed by atoms with E-state index in [9.17, 15) is 0 Å². The predicted molar refractivity (Wildman–Crippen MR) is 53.0 cm³/mol. The molecule has 0 aliphatic heterocycles. The third kappa shape index (κ3) is 13.3. The van der Waals surface area contributed by atoms with Gasteiger partial charge in [0, 0.05) is 12.6 Å². The third-order valence-corrected chi connectivity index (χ3v) is 1.32. The zero-order valence-corrected chi connectivity index (χ0v) is 8.27. The van der Waals surface area contributed by atoms with Gasteiger partial charge in [-0.3, -0.25) is 0 Å². The highest BCUT2D eigenvalue weighted by Gasteiger charge is 1.96. The van der Waals surface area contributed by atoms with E-state index < -0.39 is 0 Å². The second-order valence-corrected chi connectivity index (χ2v) is 2.36. The van der Waals surface area contributed by atoms with Gasteiger partial charge in [-0.15, -0.1) is 0 Å². The van der Waals surface area contributed by atoms with Crippen LogP contribution in [0.25, 0.3) is 0 Å². The summed E-state index contributed by atoms with van der Waals surface area (Å²) in [6, 6.07) is 0.356. The summed E-state index contributed by atoms with van der Waals surface area (Å²) in [5, 5.41) is 3.21. The van der Waals surface area contributed by atoms with Gasteiger partial charge in [-0.2, -0.15) is 0 Å². The molecule has 11 heavy (non-hydrogen) atoms. The lowest BCUT2D eigenvalue weighted by Crippen LogP contribution is -2.33. The Morgan fingerprint density at radius 3 is 2.36 bits per heavy atom. The normalized spacial score (nSPS) is 11.7. The second-order valence-electron chi connectivity index (χ2n) is 2.36. The average molecular weight is 180 g/mol. The molecule has 3 nitrogen and oxygen atoms in total. The van der Waals surface area contributed by atoms with Crippen LogP contribution in [0.15, 0.2) is 0 Å². The molecule has 0 bridgehead atoms. The molecule has 1 atom stereocenters. The maximum absolute atomic E-state index is 6.69. The topological polar surface area (TPSA) is 58.3 Å². The summed E-state index contributed by atoms with van der Waals surface area (Å²) in [6.45, 7) is 6.24. The van der Waals surface area contributed by atoms with Crippen molar-refractivity contribution in [1.82, 2.24) is 5.32 Å². The van der Waals surface area contributed by atoms with E-state index in [1.165, 1.54) is 6.42 Å². The second kappa shape index (κ2) is 12.9. The third-order valence-electron chi connectivity index (χ3n) is 1.32. The van der Waals surface area contributed by atoms with E-state index in [1.807, 2.05) is 0 Å². The Morgan fingerprint density at radius 1 is 1.45 bits per heavy atom. The number of nitrogens with two attached hydrogens (primary N) is 1. The zero-order chi connectivity index (χ0) is 9.11. The molecule has 0 fully saturated rings. The molecule has 0 aromatic rings. The van der Waals surface area contributed by atoms with Crippen LogP contribution >= 0.6 is 12.9 Å². The molecule has 0 aliphatic carbocycles. The molecule has 70 valence electrons. The zero-order valence-electron chi connectivity index (χ0n) is 7.38. The molecule has 0 rings (SSSR count). The van der Waals surface area contributed by atoms with Gasteiger partial charge in [0.05, 0.1) is 0 Å². The van der Waals surface area contributed by atoms with Crippen LogP contribution in [0, 0.1) is 0 Å². The monoisotopic (exact) mass is 180 g/mol. The van der Waals surface area contributed by atoms with Crippen LogP contribution in [0.3, 0.4) is 0 Å². The molecule has 0 aromatic carbocycles. The number of nitrogens with one attached hydrogen (secondary N) is 1. The summed E-state index contributed by atoms with van der Waals surface area (Å²) in [5.74, 6) is 0. The van der Waals surface area contributed by atoms with Crippen molar-refractivity contribution in [2.45, 2.75) is 32.7 Å². The highest BCUT2D eigenvalue weighted by Crippen LogP contribution is 1.89. The maximum atomic E-state index is 6.69. The predicted octanol–water partition coefficient (Wildman–Crippen LogP) is 1.11. The van der Waals surface area contributed by atoms with Crippen LogP contribution < -0.4 is 11.1 Å². The van der Waals surface area contributed by atoms with Crippen LogP contribution in [0.2, 0.25) is 0 Å². The first-order chi connectivity index (χ1) is 5.31. The summed E-state index contributed by atoms with van der Waals surface area (Å²) in [5.41, 5.74) is 5.71. The van der Waals surface area contributed by atoms with Gasteiger partial charge in [-0.1, -0.05) is 20.3 Å². The van der Waals surface area contributed by atoms with E-state index >= 15 is 0 Å². The molecule has 0 saturated heterocycles. The van der Waals surface area contributed by atoms with Gasteiger partial charge >= 0.3 is 0 Å². The van der Waals surface area contributed by atoms with Gasteiger partial charge in [0.15, 0.2) is 0 Å². The van der Waals surface area contributed by atoms with Crippen LogP contribution in [-0.2, 0) is 0 Å². The fourth-order valence-corrected chi connectivity index (χ4v) is 0.803. The molecule has 0 heterocycles. The first-order valence-electron chi connectivity index (χ1n) is 3.97. The Labute approximate surface area is 75.0 Å². The Balaban J connectivity index is 0. The number of thiol groups is 1. The molecular weight excluding hydrogens is 160 g/mol. The maximum Gasteiger partial charge on any atom is 0.0165 e. The largest absolute Gasteiger partial charge is 0.333 e. The summed E-state index contributed by atoms with van der Waals surface area (Å²) in [7, 11) is 0. The number of hydrogen-bond donors (Lipinski definition) is 4. The summed E-state index contributed by atoms with van der Waals surface area (Å²) in [6.07, 6.45) is 2.32. The van der Waals surface area contributed by atoms with Crippen molar-refractivity contribution >= 4 is 12.9 Å². The molecule has 1 unspecified atom stereocenters. The van der Waals surface area contributed by atoms with E-state index in [0.717, 1.165) is 19.5 Å². The van der Waals surface area contributed by atoms with Crippen molar-refractivity contribution in [1.29, 1.82) is 0 Å². The van der Waals surface area contributed by atoms with Crippen LogP contribution in [0.5, 0.6) is 0 Å². The summed E-state index contributed by atoms with van der Waals surface area (Å²) >= 11 is 2.53. The van der Waals surface area contributed by atoms with Crippen molar-refractivity contribution in [2.24, 2.45) is 5.73 Å². The average Bonchev–Trinajstić information content (AvgIpc) is 2.05. The van der Waals surface area contributed by atoms with Crippen molar-refractivity contribution in [3.8, 4) is 0 Å². The van der Waals surface area contributed by atoms with Crippen molar-refractivity contribution < 1.29 is 4.55 Å². The quantitative estimate of drug-likeness (QED) is 0.379. The number of likely N-dealkylation sites (N-methyl/N-ethyl adjacent to an activating group) is 1. The minimum Gasteiger partial charge on any atom is -0.333 e. The van der Waals surface area contributed by atoms with Gasteiger partial charge in [-0.05, 0) is 25.9 Å². The minimum atomic E-state index is 0.356. The van der Waals surface area contributed by atoms with E-state index in [4.69, 9.17) is 10.3 Å². The lowest BCUT2D eigenvalue weighted by Gasteiger charge is -2.09. The molecule has 0 radical (unpaired) electrons. The lowest BCUT2D eigenvalue weighted by atomic mass is 10.2.